The van der Waals surface area contributed by atoms with Crippen LogP contribution in [0.25, 0.3) is 0 Å². The van der Waals surface area contributed by atoms with Gasteiger partial charge in [0.15, 0.2) is 0 Å². The summed E-state index contributed by atoms with van der Waals surface area (Å²) in [6, 6.07) is 22.4. The van der Waals surface area contributed by atoms with Gasteiger partial charge in [-0.1, -0.05) is 56.3 Å². The minimum absolute atomic E-state index is 0.0884. The highest BCUT2D eigenvalue weighted by molar-refractivity contribution is 7.92. The lowest BCUT2D eigenvalue weighted by molar-refractivity contribution is -0.119. The standard InChI is InChI=1S/C26H29N3O4S/c1-4-33-24-16-14-23(15-17-24)29(34(31,32)25-8-6-5-7-9-25)19-26(30)28-27-18-21-10-12-22(13-11-21)20(2)3/h5-18,20H,4,19H2,1-3H3,(H,28,30)/b27-18-. The molecule has 0 aliphatic rings. The van der Waals surface area contributed by atoms with Gasteiger partial charge in [0.05, 0.1) is 23.4 Å². The number of carbonyl (C=O) groups excluding carboxylic acids is 1. The monoisotopic (exact) mass is 479 g/mol. The Bertz CT molecular complexity index is 1210. The number of hydrazone groups is 1. The van der Waals surface area contributed by atoms with Crippen LogP contribution >= 0.6 is 0 Å². The van der Waals surface area contributed by atoms with Gasteiger partial charge in [0, 0.05) is 0 Å². The van der Waals surface area contributed by atoms with Crippen LogP contribution in [0.15, 0.2) is 88.9 Å². The molecule has 0 atom stereocenters. The van der Waals surface area contributed by atoms with Crippen molar-refractivity contribution in [2.24, 2.45) is 5.10 Å². The molecular weight excluding hydrogens is 450 g/mol. The quantitative estimate of drug-likeness (QED) is 0.341. The maximum atomic E-state index is 13.3. The van der Waals surface area contributed by atoms with Crippen LogP contribution in [0.5, 0.6) is 5.75 Å². The Morgan fingerprint density at radius 1 is 1.00 bits per heavy atom. The lowest BCUT2D eigenvalue weighted by Gasteiger charge is -2.24. The molecule has 8 heteroatoms. The molecule has 3 rings (SSSR count). The molecular formula is C26H29N3O4S. The van der Waals surface area contributed by atoms with E-state index in [9.17, 15) is 13.2 Å². The maximum Gasteiger partial charge on any atom is 0.264 e. The second-order valence-electron chi connectivity index (χ2n) is 7.87. The molecule has 0 aliphatic carbocycles. The van der Waals surface area contributed by atoms with Crippen molar-refractivity contribution < 1.29 is 17.9 Å². The molecule has 0 aliphatic heterocycles. The summed E-state index contributed by atoms with van der Waals surface area (Å²) in [5.74, 6) is 0.468. The zero-order chi connectivity index (χ0) is 24.6. The normalized spacial score (nSPS) is 11.5. The Hall–Kier alpha value is -3.65. The minimum atomic E-state index is -3.98. The molecule has 1 N–H and O–H groups in total. The number of hydrogen-bond acceptors (Lipinski definition) is 5. The lowest BCUT2D eigenvalue weighted by Crippen LogP contribution is -2.39. The van der Waals surface area contributed by atoms with Gasteiger partial charge in [-0.15, -0.1) is 0 Å². The molecule has 1 amide bonds. The largest absolute Gasteiger partial charge is 0.494 e. The number of nitrogens with one attached hydrogen (secondary N) is 1. The summed E-state index contributed by atoms with van der Waals surface area (Å²) in [4.78, 5) is 12.7. The van der Waals surface area contributed by atoms with E-state index in [1.54, 1.807) is 42.5 Å². The minimum Gasteiger partial charge on any atom is -0.494 e. The number of amides is 1. The van der Waals surface area contributed by atoms with Crippen molar-refractivity contribution in [3.05, 3.63) is 90.0 Å². The van der Waals surface area contributed by atoms with Crippen molar-refractivity contribution in [3.63, 3.8) is 0 Å². The molecule has 0 bridgehead atoms. The summed E-state index contributed by atoms with van der Waals surface area (Å²) in [5.41, 5.74) is 4.80. The number of rotatable bonds is 10. The summed E-state index contributed by atoms with van der Waals surface area (Å²) in [6.07, 6.45) is 1.52. The van der Waals surface area contributed by atoms with E-state index in [0.717, 1.165) is 9.87 Å². The molecule has 7 nitrogen and oxygen atoms in total. The van der Waals surface area contributed by atoms with E-state index in [1.165, 1.54) is 23.9 Å². The first kappa shape index (κ1) is 25.0. The third-order valence-corrected chi connectivity index (χ3v) is 6.85. The molecule has 0 heterocycles. The van der Waals surface area contributed by atoms with Crippen molar-refractivity contribution in [2.75, 3.05) is 17.5 Å². The van der Waals surface area contributed by atoms with Gasteiger partial charge < -0.3 is 4.74 Å². The van der Waals surface area contributed by atoms with Crippen molar-refractivity contribution in [3.8, 4) is 5.75 Å². The number of nitrogens with zero attached hydrogens (tertiary/aromatic N) is 2. The first-order valence-electron chi connectivity index (χ1n) is 11.0. The Balaban J connectivity index is 1.78. The SMILES string of the molecule is CCOc1ccc(N(CC(=O)N/N=C\c2ccc(C(C)C)cc2)S(=O)(=O)c2ccccc2)cc1. The molecule has 178 valence electrons. The molecule has 0 radical (unpaired) electrons. The molecule has 0 fully saturated rings. The van der Waals surface area contributed by atoms with E-state index >= 15 is 0 Å². The van der Waals surface area contributed by atoms with Gasteiger partial charge in [0.25, 0.3) is 15.9 Å². The van der Waals surface area contributed by atoms with Crippen LogP contribution in [0.3, 0.4) is 0 Å². The van der Waals surface area contributed by atoms with Gasteiger partial charge in [0.1, 0.15) is 12.3 Å². The fourth-order valence-corrected chi connectivity index (χ4v) is 4.66. The fourth-order valence-electron chi connectivity index (χ4n) is 3.22. The van der Waals surface area contributed by atoms with Crippen LogP contribution in [0, 0.1) is 0 Å². The van der Waals surface area contributed by atoms with Gasteiger partial charge in [0.2, 0.25) is 0 Å². The molecule has 0 saturated carbocycles. The Labute approximate surface area is 201 Å². The third-order valence-electron chi connectivity index (χ3n) is 5.06. The Morgan fingerprint density at radius 3 is 2.24 bits per heavy atom. The number of hydrogen-bond donors (Lipinski definition) is 1. The van der Waals surface area contributed by atoms with E-state index in [-0.39, 0.29) is 4.90 Å². The fraction of sp³-hybridized carbons (Fsp3) is 0.231. The summed E-state index contributed by atoms with van der Waals surface area (Å²) in [5, 5.41) is 3.99. The molecule has 3 aromatic rings. The van der Waals surface area contributed by atoms with Crippen molar-refractivity contribution >= 4 is 27.8 Å². The van der Waals surface area contributed by atoms with Gasteiger partial charge in [-0.3, -0.25) is 9.10 Å². The van der Waals surface area contributed by atoms with Gasteiger partial charge in [-0.25, -0.2) is 13.8 Å². The molecule has 34 heavy (non-hydrogen) atoms. The number of carbonyl (C=O) groups is 1. The predicted molar refractivity (Wildman–Crippen MR) is 135 cm³/mol. The van der Waals surface area contributed by atoms with Crippen LogP contribution in [0.4, 0.5) is 5.69 Å². The zero-order valence-corrected chi connectivity index (χ0v) is 20.3. The second-order valence-corrected chi connectivity index (χ2v) is 9.73. The van der Waals surface area contributed by atoms with Crippen LogP contribution in [0.1, 0.15) is 37.8 Å². The lowest BCUT2D eigenvalue weighted by atomic mass is 10.0. The smallest absolute Gasteiger partial charge is 0.264 e. The second kappa shape index (κ2) is 11.5. The number of benzene rings is 3. The van der Waals surface area contributed by atoms with Crippen molar-refractivity contribution in [2.45, 2.75) is 31.6 Å². The Morgan fingerprint density at radius 2 is 1.65 bits per heavy atom. The van der Waals surface area contributed by atoms with Crippen LogP contribution in [0.2, 0.25) is 0 Å². The van der Waals surface area contributed by atoms with E-state index in [0.29, 0.717) is 24.0 Å². The van der Waals surface area contributed by atoms with Gasteiger partial charge in [-0.2, -0.15) is 5.10 Å². The summed E-state index contributed by atoms with van der Waals surface area (Å²) in [6.45, 7) is 6.15. The van der Waals surface area contributed by atoms with Crippen molar-refractivity contribution in [1.29, 1.82) is 0 Å². The number of anilines is 1. The number of ether oxygens (including phenoxy) is 1. The van der Waals surface area contributed by atoms with E-state index in [4.69, 9.17) is 4.74 Å². The van der Waals surface area contributed by atoms with E-state index in [1.807, 2.05) is 31.2 Å². The third kappa shape index (κ3) is 6.45. The van der Waals surface area contributed by atoms with Crippen LogP contribution in [-0.2, 0) is 14.8 Å². The first-order chi connectivity index (χ1) is 16.3. The summed E-state index contributed by atoms with van der Waals surface area (Å²) < 4.78 is 33.2. The summed E-state index contributed by atoms with van der Waals surface area (Å²) >= 11 is 0. The van der Waals surface area contributed by atoms with Gasteiger partial charge >= 0.3 is 0 Å². The maximum absolute atomic E-state index is 13.3. The molecule has 0 saturated heterocycles. The average Bonchev–Trinajstić information content (AvgIpc) is 2.84. The highest BCUT2D eigenvalue weighted by Crippen LogP contribution is 2.25. The highest BCUT2D eigenvalue weighted by atomic mass is 32.2. The molecule has 0 aromatic heterocycles. The van der Waals surface area contributed by atoms with E-state index < -0.39 is 22.5 Å². The summed E-state index contributed by atoms with van der Waals surface area (Å²) in [7, 11) is -3.98. The highest BCUT2D eigenvalue weighted by Gasteiger charge is 2.27. The zero-order valence-electron chi connectivity index (χ0n) is 19.5. The van der Waals surface area contributed by atoms with Crippen LogP contribution < -0.4 is 14.5 Å². The Kier molecular flexibility index (Phi) is 8.43. The van der Waals surface area contributed by atoms with Crippen LogP contribution in [-0.4, -0.2) is 33.7 Å². The number of sulfonamides is 1. The average molecular weight is 480 g/mol. The molecule has 3 aromatic carbocycles. The predicted octanol–water partition coefficient (Wildman–Crippen LogP) is 4.55. The van der Waals surface area contributed by atoms with Crippen molar-refractivity contribution in [1.82, 2.24) is 5.43 Å². The topological polar surface area (TPSA) is 88.1 Å². The van der Waals surface area contributed by atoms with Gasteiger partial charge in [-0.05, 0) is 60.4 Å². The molecule has 0 spiro atoms. The van der Waals surface area contributed by atoms with E-state index in [2.05, 4.69) is 24.4 Å². The first-order valence-corrected chi connectivity index (χ1v) is 12.5. The molecule has 0 unspecified atom stereocenters.